The molecule has 0 atom stereocenters. The number of carbonyl (C=O) groups excluding carboxylic acids is 1. The second kappa shape index (κ2) is 11.5. The van der Waals surface area contributed by atoms with Crippen LogP contribution in [0, 0.1) is 5.41 Å². The summed E-state index contributed by atoms with van der Waals surface area (Å²) in [6, 6.07) is 0. The summed E-state index contributed by atoms with van der Waals surface area (Å²) in [6.45, 7) is 18.0. The number of nitrogens with zero attached hydrogens (tertiary/aromatic N) is 3. The molecule has 1 saturated heterocycles. The van der Waals surface area contributed by atoms with Gasteiger partial charge in [-0.05, 0) is 56.2 Å². The van der Waals surface area contributed by atoms with E-state index in [1.807, 2.05) is 19.2 Å². The van der Waals surface area contributed by atoms with Crippen LogP contribution in [0.4, 0.5) is 0 Å². The molecule has 4 heteroatoms. The first-order valence-corrected chi connectivity index (χ1v) is 11.8. The van der Waals surface area contributed by atoms with Gasteiger partial charge in [0.2, 0.25) is 0 Å². The third kappa shape index (κ3) is 7.53. The highest BCUT2D eigenvalue weighted by molar-refractivity contribution is 6.20. The van der Waals surface area contributed by atoms with Crippen LogP contribution < -0.4 is 0 Å². The molecule has 31 heavy (non-hydrogen) atoms. The van der Waals surface area contributed by atoms with Crippen molar-refractivity contribution in [2.75, 3.05) is 19.6 Å². The highest BCUT2D eigenvalue weighted by Crippen LogP contribution is 2.29. The lowest BCUT2D eigenvalue weighted by atomic mass is 9.86. The van der Waals surface area contributed by atoms with E-state index in [9.17, 15) is 4.79 Å². The number of ketones is 1. The number of carbonyl (C=O) groups is 1. The van der Waals surface area contributed by atoms with Gasteiger partial charge in [0.05, 0.1) is 23.3 Å². The van der Waals surface area contributed by atoms with Crippen molar-refractivity contribution in [3.63, 3.8) is 0 Å². The van der Waals surface area contributed by atoms with Gasteiger partial charge in [-0.1, -0.05) is 65.8 Å². The van der Waals surface area contributed by atoms with Crippen molar-refractivity contribution in [1.82, 2.24) is 14.9 Å². The van der Waals surface area contributed by atoms with Gasteiger partial charge >= 0.3 is 0 Å². The van der Waals surface area contributed by atoms with Gasteiger partial charge in [0.25, 0.3) is 0 Å². The van der Waals surface area contributed by atoms with E-state index in [0.717, 1.165) is 35.6 Å². The lowest BCUT2D eigenvalue weighted by molar-refractivity contribution is -0.115. The number of rotatable bonds is 9. The van der Waals surface area contributed by atoms with Crippen molar-refractivity contribution in [3.8, 4) is 0 Å². The second-order valence-corrected chi connectivity index (χ2v) is 9.99. The van der Waals surface area contributed by atoms with E-state index in [1.165, 1.54) is 25.9 Å². The van der Waals surface area contributed by atoms with Crippen LogP contribution in [0.25, 0.3) is 11.1 Å². The van der Waals surface area contributed by atoms with Crippen LogP contribution >= 0.6 is 0 Å². The maximum absolute atomic E-state index is 13.1. The Hall–Kier alpha value is -2.07. The van der Waals surface area contributed by atoms with Crippen LogP contribution in [-0.2, 0) is 4.79 Å². The molecule has 1 fully saturated rings. The molecule has 0 aromatic carbocycles. The molecule has 2 heterocycles. The predicted molar refractivity (Wildman–Crippen MR) is 132 cm³/mol. The molecule has 0 unspecified atom stereocenters. The zero-order chi connectivity index (χ0) is 23.0. The van der Waals surface area contributed by atoms with E-state index in [-0.39, 0.29) is 17.1 Å². The molecule has 170 valence electrons. The zero-order valence-electron chi connectivity index (χ0n) is 20.7. The van der Waals surface area contributed by atoms with E-state index < -0.39 is 0 Å². The molecular formula is C27H41N3O. The number of aromatic nitrogens is 2. The quantitative estimate of drug-likeness (QED) is 0.338. The van der Waals surface area contributed by atoms with E-state index in [0.29, 0.717) is 12.0 Å². The fraction of sp³-hybridized carbons (Fsp3) is 0.593. The van der Waals surface area contributed by atoms with Crippen molar-refractivity contribution in [1.29, 1.82) is 0 Å². The third-order valence-corrected chi connectivity index (χ3v) is 5.59. The molecule has 0 saturated carbocycles. The van der Waals surface area contributed by atoms with Gasteiger partial charge in [-0.15, -0.1) is 0 Å². The summed E-state index contributed by atoms with van der Waals surface area (Å²) in [4.78, 5) is 25.3. The zero-order valence-corrected chi connectivity index (χ0v) is 20.7. The molecule has 0 bridgehead atoms. The van der Waals surface area contributed by atoms with Crippen molar-refractivity contribution in [2.45, 2.75) is 80.1 Å². The summed E-state index contributed by atoms with van der Waals surface area (Å²) < 4.78 is 0. The summed E-state index contributed by atoms with van der Waals surface area (Å²) in [6.07, 6.45) is 14.2. The Balaban J connectivity index is 2.34. The van der Waals surface area contributed by atoms with Crippen molar-refractivity contribution >= 4 is 16.9 Å². The Morgan fingerprint density at radius 2 is 1.90 bits per heavy atom. The van der Waals surface area contributed by atoms with Crippen LogP contribution in [-0.4, -0.2) is 40.3 Å². The minimum Gasteiger partial charge on any atom is -0.300 e. The molecule has 1 aliphatic heterocycles. The first-order valence-electron chi connectivity index (χ1n) is 11.8. The molecule has 0 spiro atoms. The van der Waals surface area contributed by atoms with Crippen LogP contribution in [0.15, 0.2) is 30.5 Å². The topological polar surface area (TPSA) is 46.1 Å². The van der Waals surface area contributed by atoms with Gasteiger partial charge in [-0.3, -0.25) is 14.7 Å². The molecule has 4 nitrogen and oxygen atoms in total. The molecule has 0 N–H and O–H groups in total. The van der Waals surface area contributed by atoms with Crippen LogP contribution in [0.3, 0.4) is 0 Å². The fourth-order valence-electron chi connectivity index (χ4n) is 3.92. The highest BCUT2D eigenvalue weighted by atomic mass is 16.1. The molecule has 2 rings (SSSR count). The Morgan fingerprint density at radius 3 is 2.45 bits per heavy atom. The van der Waals surface area contributed by atoms with E-state index in [1.54, 1.807) is 0 Å². The van der Waals surface area contributed by atoms with E-state index in [4.69, 9.17) is 9.97 Å². The summed E-state index contributed by atoms with van der Waals surface area (Å²) in [5, 5.41) is 0. The van der Waals surface area contributed by atoms with Crippen LogP contribution in [0.5, 0.6) is 0 Å². The molecule has 1 aliphatic rings. The van der Waals surface area contributed by atoms with Gasteiger partial charge in [-0.2, -0.15) is 0 Å². The molecule has 1 aromatic rings. The van der Waals surface area contributed by atoms with Gasteiger partial charge < -0.3 is 0 Å². The fourth-order valence-corrected chi connectivity index (χ4v) is 3.92. The van der Waals surface area contributed by atoms with Crippen molar-refractivity contribution < 1.29 is 4.79 Å². The predicted octanol–water partition coefficient (Wildman–Crippen LogP) is 6.45. The average Bonchev–Trinajstić information content (AvgIpc) is 3.20. The normalized spacial score (nSPS) is 16.6. The van der Waals surface area contributed by atoms with Gasteiger partial charge in [0, 0.05) is 18.5 Å². The Kier molecular flexibility index (Phi) is 9.36. The number of hydrogen-bond donors (Lipinski definition) is 0. The lowest BCUT2D eigenvalue weighted by Crippen LogP contribution is -2.18. The van der Waals surface area contributed by atoms with Gasteiger partial charge in [0.15, 0.2) is 5.78 Å². The largest absolute Gasteiger partial charge is 0.300 e. The maximum Gasteiger partial charge on any atom is 0.165 e. The molecule has 0 radical (unpaired) electrons. The molecule has 0 amide bonds. The van der Waals surface area contributed by atoms with Crippen molar-refractivity contribution in [3.05, 3.63) is 47.6 Å². The second-order valence-electron chi connectivity index (χ2n) is 9.99. The third-order valence-electron chi connectivity index (χ3n) is 5.59. The average molecular weight is 424 g/mol. The monoisotopic (exact) mass is 423 g/mol. The Labute approximate surface area is 189 Å². The smallest absolute Gasteiger partial charge is 0.165 e. The maximum atomic E-state index is 13.1. The highest BCUT2D eigenvalue weighted by Gasteiger charge is 2.24. The SMILES string of the molecule is C/C=C(/C(=O)CC(C)(C)C)c1nc(/C(=C/C=C\CN2CCCC2)CC)cnc1C(C)C. The number of Topliss-reactive ketones (excluding diaryl/α,β-unsaturated/α-hetero) is 1. The van der Waals surface area contributed by atoms with E-state index in [2.05, 4.69) is 64.7 Å². The first-order chi connectivity index (χ1) is 14.7. The van der Waals surface area contributed by atoms with Gasteiger partial charge in [0.1, 0.15) is 0 Å². The number of allylic oxidation sites excluding steroid dienone is 5. The van der Waals surface area contributed by atoms with E-state index >= 15 is 0 Å². The molecular weight excluding hydrogens is 382 g/mol. The minimum atomic E-state index is -0.0665. The standard InChI is InChI=1S/C27H41N3O/c1-8-21(14-10-11-15-30-16-12-13-17-30)23-19-28-25(20(3)4)26(29-23)22(9-2)24(31)18-27(5,6)7/h9-11,14,19-20H,8,12-13,15-18H2,1-7H3/b11-10-,21-14+,22-9-. The van der Waals surface area contributed by atoms with Crippen molar-refractivity contribution in [2.24, 2.45) is 5.41 Å². The lowest BCUT2D eigenvalue weighted by Gasteiger charge is -2.20. The van der Waals surface area contributed by atoms with Crippen LogP contribution in [0.1, 0.15) is 97.1 Å². The first kappa shape index (κ1) is 25.2. The Bertz CT molecular complexity index is 835. The van der Waals surface area contributed by atoms with Gasteiger partial charge in [-0.25, -0.2) is 4.98 Å². The molecule has 0 aliphatic carbocycles. The number of hydrogen-bond acceptors (Lipinski definition) is 4. The summed E-state index contributed by atoms with van der Waals surface area (Å²) in [5.74, 6) is 0.333. The van der Waals surface area contributed by atoms with Crippen LogP contribution in [0.2, 0.25) is 0 Å². The summed E-state index contributed by atoms with van der Waals surface area (Å²) in [5.41, 5.74) is 4.25. The molecule has 1 aromatic heterocycles. The number of likely N-dealkylation sites (tertiary alicyclic amines) is 1. The summed E-state index contributed by atoms with van der Waals surface area (Å²) >= 11 is 0. The summed E-state index contributed by atoms with van der Waals surface area (Å²) in [7, 11) is 0. The Morgan fingerprint density at radius 1 is 1.23 bits per heavy atom. The minimum absolute atomic E-state index is 0.0665.